The molecule has 12 heteroatoms. The maximum Gasteiger partial charge on any atom is 0.261 e. The van der Waals surface area contributed by atoms with E-state index in [1.165, 1.54) is 12.1 Å². The number of pyridine rings is 1. The molecule has 35 heavy (non-hydrogen) atoms. The normalized spacial score (nSPS) is 11.9. The molecule has 9 nitrogen and oxygen atoms in total. The summed E-state index contributed by atoms with van der Waals surface area (Å²) in [5.41, 5.74) is 1.07. The highest BCUT2D eigenvalue weighted by Crippen LogP contribution is 2.52. The molecule has 1 aromatic heterocycles. The van der Waals surface area contributed by atoms with Gasteiger partial charge < -0.3 is 10.1 Å². The first-order chi connectivity index (χ1) is 16.6. The Labute approximate surface area is 212 Å². The second-order valence-corrected chi connectivity index (χ2v) is 13.4. The molecule has 2 aromatic carbocycles. The highest BCUT2D eigenvalue weighted by Gasteiger charge is 2.28. The van der Waals surface area contributed by atoms with Crippen LogP contribution in [0, 0.1) is 0 Å². The number of anilines is 2. The third kappa shape index (κ3) is 6.25. The Kier molecular flexibility index (Phi) is 8.63. The molecule has 0 aliphatic carbocycles. The summed E-state index contributed by atoms with van der Waals surface area (Å²) >= 11 is 5.58. The zero-order chi connectivity index (χ0) is 25.6. The Morgan fingerprint density at radius 3 is 1.97 bits per heavy atom. The summed E-state index contributed by atoms with van der Waals surface area (Å²) in [6.07, 6.45) is 3.48. The van der Waals surface area contributed by atoms with Crippen molar-refractivity contribution < 1.29 is 13.2 Å². The number of hydrogen-bond donors (Lipinski definition) is 2. The Bertz CT molecular complexity index is 1300. The summed E-state index contributed by atoms with van der Waals surface area (Å²) in [6.45, 7) is 0. The predicted octanol–water partition coefficient (Wildman–Crippen LogP) is 4.07. The average molecular weight is 533 g/mol. The quantitative estimate of drug-likeness (QED) is 0.331. The van der Waals surface area contributed by atoms with Crippen LogP contribution in [-0.2, 0) is 10.0 Å². The summed E-state index contributed by atoms with van der Waals surface area (Å²) in [6, 6.07) is 16.9. The molecule has 0 amide bonds. The van der Waals surface area contributed by atoms with Crippen LogP contribution in [-0.4, -0.2) is 63.2 Å². The van der Waals surface area contributed by atoms with Gasteiger partial charge in [-0.2, -0.15) is 0 Å². The van der Waals surface area contributed by atoms with E-state index in [1.54, 1.807) is 55.9 Å². The molecule has 3 aromatic rings. The van der Waals surface area contributed by atoms with Gasteiger partial charge in [0.05, 0.1) is 12.0 Å². The molecule has 0 aliphatic rings. The number of methoxy groups -OCH3 is 1. The summed E-state index contributed by atoms with van der Waals surface area (Å²) in [7, 11) is 3.34. The minimum absolute atomic E-state index is 0.127. The van der Waals surface area contributed by atoms with Crippen molar-refractivity contribution in [1.29, 1.82) is 0 Å². The second kappa shape index (κ2) is 11.3. The van der Waals surface area contributed by atoms with Gasteiger partial charge in [-0.05, 0) is 101 Å². The van der Waals surface area contributed by atoms with Crippen molar-refractivity contribution in [2.24, 2.45) is 4.74 Å². The topological polar surface area (TPSA) is 99.2 Å². The van der Waals surface area contributed by atoms with E-state index in [9.17, 15) is 8.42 Å². The van der Waals surface area contributed by atoms with Gasteiger partial charge in [-0.1, -0.05) is 0 Å². The molecule has 0 radical (unpaired) electrons. The number of benzene rings is 2. The molecule has 186 valence electrons. The number of rotatable bonds is 8. The van der Waals surface area contributed by atoms with Crippen molar-refractivity contribution in [3.63, 3.8) is 0 Å². The van der Waals surface area contributed by atoms with Gasteiger partial charge in [0.1, 0.15) is 13.1 Å². The van der Waals surface area contributed by atoms with Gasteiger partial charge in [0, 0.05) is 29.1 Å². The van der Waals surface area contributed by atoms with Crippen LogP contribution in [0.5, 0.6) is 5.75 Å². The monoisotopic (exact) mass is 532 g/mol. The Morgan fingerprint density at radius 1 is 0.914 bits per heavy atom. The Morgan fingerprint density at radius 2 is 1.46 bits per heavy atom. The minimum Gasteiger partial charge on any atom is -0.497 e. The Hall–Kier alpha value is -2.82. The van der Waals surface area contributed by atoms with Crippen molar-refractivity contribution >= 4 is 51.4 Å². The Balaban J connectivity index is 1.81. The van der Waals surface area contributed by atoms with Crippen LogP contribution < -0.4 is 20.1 Å². The zero-order valence-electron chi connectivity index (χ0n) is 20.2. The molecule has 0 saturated heterocycles. The van der Waals surface area contributed by atoms with E-state index in [0.717, 1.165) is 5.30 Å². The number of ether oxygens (including phenoxy) is 1. The van der Waals surface area contributed by atoms with Crippen molar-refractivity contribution in [2.45, 2.75) is 4.90 Å². The lowest BCUT2D eigenvalue weighted by atomic mass is 10.3. The first-order valence-electron chi connectivity index (χ1n) is 10.5. The molecule has 0 spiro atoms. The fourth-order valence-corrected chi connectivity index (χ4v) is 7.93. The van der Waals surface area contributed by atoms with E-state index in [0.29, 0.717) is 22.2 Å². The lowest BCUT2D eigenvalue weighted by molar-refractivity contribution is 0.415. The van der Waals surface area contributed by atoms with Crippen LogP contribution in [0.25, 0.3) is 0 Å². The molecule has 2 N–H and O–H groups in total. The zero-order valence-corrected chi connectivity index (χ0v) is 22.7. The lowest BCUT2D eigenvalue weighted by Gasteiger charge is -2.36. The number of nitrogens with zero attached hydrogens (tertiary/aromatic N) is 4. The van der Waals surface area contributed by atoms with Crippen molar-refractivity contribution in [3.8, 4) is 5.75 Å². The van der Waals surface area contributed by atoms with Crippen LogP contribution in [0.4, 0.5) is 11.4 Å². The van der Waals surface area contributed by atoms with Gasteiger partial charge in [0.15, 0.2) is 5.11 Å². The van der Waals surface area contributed by atoms with Crippen LogP contribution in [0.1, 0.15) is 0 Å². The third-order valence-corrected chi connectivity index (χ3v) is 10.5. The summed E-state index contributed by atoms with van der Waals surface area (Å²) in [5.74, 6) is 0.642. The van der Waals surface area contributed by atoms with Crippen LogP contribution in [0.15, 0.2) is 82.7 Å². The van der Waals surface area contributed by atoms with Crippen LogP contribution >= 0.6 is 19.6 Å². The summed E-state index contributed by atoms with van der Waals surface area (Å²) in [5, 5.41) is 4.42. The highest BCUT2D eigenvalue weighted by atomic mass is 32.2. The van der Waals surface area contributed by atoms with Gasteiger partial charge in [-0.3, -0.25) is 19.0 Å². The lowest BCUT2D eigenvalue weighted by Crippen LogP contribution is -2.30. The van der Waals surface area contributed by atoms with Crippen LogP contribution in [0.3, 0.4) is 0 Å². The van der Waals surface area contributed by atoms with Gasteiger partial charge in [0.25, 0.3) is 10.0 Å². The molecule has 0 saturated carbocycles. The van der Waals surface area contributed by atoms with E-state index >= 15 is 0 Å². The van der Waals surface area contributed by atoms with Gasteiger partial charge >= 0.3 is 0 Å². The van der Waals surface area contributed by atoms with E-state index in [1.807, 2.05) is 40.3 Å². The third-order valence-electron chi connectivity index (χ3n) is 5.11. The fourth-order valence-electron chi connectivity index (χ4n) is 3.47. The first-order valence-corrected chi connectivity index (χ1v) is 14.1. The maximum atomic E-state index is 12.8. The molecule has 0 aliphatic heterocycles. The van der Waals surface area contributed by atoms with E-state index in [2.05, 4.69) is 24.4 Å². The van der Waals surface area contributed by atoms with Gasteiger partial charge in [-0.15, -0.1) is 0 Å². The van der Waals surface area contributed by atoms with E-state index in [4.69, 9.17) is 21.7 Å². The number of hydrogen-bond acceptors (Lipinski definition) is 5. The molecule has 3 rings (SSSR count). The molecule has 0 atom stereocenters. The fraction of sp³-hybridized carbons (Fsp3) is 0.217. The smallest absolute Gasteiger partial charge is 0.261 e. The van der Waals surface area contributed by atoms with Crippen molar-refractivity contribution in [2.75, 3.05) is 45.3 Å². The predicted molar refractivity (Wildman–Crippen MR) is 147 cm³/mol. The average Bonchev–Trinajstić information content (AvgIpc) is 2.83. The van der Waals surface area contributed by atoms with Gasteiger partial charge in [-0.25, -0.2) is 13.2 Å². The second-order valence-electron chi connectivity index (χ2n) is 7.86. The summed E-state index contributed by atoms with van der Waals surface area (Å²) in [4.78, 5) is 4.24. The number of thiocarbonyl (C=S) groups is 1. The first kappa shape index (κ1) is 26.8. The van der Waals surface area contributed by atoms with E-state index < -0.39 is 17.4 Å². The van der Waals surface area contributed by atoms with Gasteiger partial charge in [0.2, 0.25) is 0 Å². The number of sulfonamides is 1. The molecule has 0 unspecified atom stereocenters. The standard InChI is InChI=1S/C23H29N6O3PS2/c1-28(2)33(29(3)4,21-14-16-24-17-15-21)26-23(34)25-18-8-12-22(13-9-18)35(30,31)27-19-6-10-20(32-5)11-7-19/h6-17,27H,1-5H3,(H,25,34). The molecule has 0 bridgehead atoms. The number of nitrogens with one attached hydrogen (secondary N) is 2. The molecule has 1 heterocycles. The highest BCUT2D eigenvalue weighted by molar-refractivity contribution is 7.92. The van der Waals surface area contributed by atoms with Crippen molar-refractivity contribution in [1.82, 2.24) is 14.3 Å². The SMILES string of the molecule is COc1ccc(NS(=O)(=O)c2ccc(NC(=S)N=P(c3ccncc3)(N(C)C)N(C)C)cc2)cc1. The minimum atomic E-state index is -3.75. The molecular formula is C23H29N6O3PS2. The van der Waals surface area contributed by atoms with Crippen LogP contribution in [0.2, 0.25) is 0 Å². The maximum absolute atomic E-state index is 12.8. The summed E-state index contributed by atoms with van der Waals surface area (Å²) < 4.78 is 42.3. The van der Waals surface area contributed by atoms with Crippen molar-refractivity contribution in [3.05, 3.63) is 73.1 Å². The largest absolute Gasteiger partial charge is 0.497 e. The molecular weight excluding hydrogens is 503 g/mol. The van der Waals surface area contributed by atoms with E-state index in [-0.39, 0.29) is 4.90 Å². The number of aromatic nitrogens is 1. The molecule has 0 fully saturated rings.